The highest BCUT2D eigenvalue weighted by molar-refractivity contribution is 9.11. The fraction of sp³-hybridized carbons (Fsp3) is 0.0769. The Hall–Kier alpha value is -1.09. The number of sulfonamides is 1. The first-order valence-corrected chi connectivity index (χ1v) is 8.96. The second-order valence-corrected chi connectivity index (χ2v) is 7.77. The molecule has 0 atom stereocenters. The highest BCUT2D eigenvalue weighted by Crippen LogP contribution is 2.35. The third-order valence-corrected chi connectivity index (χ3v) is 5.56. The molecule has 0 aromatic heterocycles. The minimum atomic E-state index is -3.52. The molecule has 0 radical (unpaired) electrons. The molecule has 0 fully saturated rings. The van der Waals surface area contributed by atoms with Crippen molar-refractivity contribution in [3.8, 4) is 0 Å². The first-order chi connectivity index (χ1) is 9.85. The summed E-state index contributed by atoms with van der Waals surface area (Å²) in [7, 11) is -2.15. The van der Waals surface area contributed by atoms with Gasteiger partial charge in [-0.25, -0.2) is 13.1 Å². The van der Waals surface area contributed by atoms with E-state index in [0.29, 0.717) is 11.4 Å². The van der Waals surface area contributed by atoms with Crippen molar-refractivity contribution in [2.24, 2.45) is 0 Å². The Balaban J connectivity index is 2.48. The van der Waals surface area contributed by atoms with E-state index in [1.807, 2.05) is 18.2 Å². The molecule has 0 heterocycles. The van der Waals surface area contributed by atoms with Gasteiger partial charge in [-0.05, 0) is 69.2 Å². The van der Waals surface area contributed by atoms with E-state index in [-0.39, 0.29) is 4.90 Å². The largest absolute Gasteiger partial charge is 0.397 e. The summed E-state index contributed by atoms with van der Waals surface area (Å²) in [6, 6.07) is 10.1. The molecule has 0 aliphatic carbocycles. The molecular weight excluding hydrogens is 422 g/mol. The molecule has 2 aromatic rings. The standard InChI is InChI=1S/C13H13Br2N3O2S/c1-17-21(19,20)8-5-6-11(16)12(7-8)18-13-9(14)3-2-4-10(13)15/h2-7,17-18H,16H2,1H3. The zero-order valence-corrected chi connectivity index (χ0v) is 15.0. The summed E-state index contributed by atoms with van der Waals surface area (Å²) in [5, 5.41) is 3.13. The van der Waals surface area contributed by atoms with Crippen LogP contribution in [0.3, 0.4) is 0 Å². The highest BCUT2D eigenvalue weighted by atomic mass is 79.9. The van der Waals surface area contributed by atoms with Gasteiger partial charge in [-0.3, -0.25) is 0 Å². The maximum absolute atomic E-state index is 11.9. The number of nitrogens with one attached hydrogen (secondary N) is 2. The van der Waals surface area contributed by atoms with Crippen LogP contribution >= 0.6 is 31.9 Å². The molecule has 0 saturated carbocycles. The number of para-hydroxylation sites is 1. The van der Waals surface area contributed by atoms with Gasteiger partial charge in [0.2, 0.25) is 10.0 Å². The number of nitrogen functional groups attached to an aromatic ring is 1. The van der Waals surface area contributed by atoms with Crippen LogP contribution in [0.15, 0.2) is 50.2 Å². The third-order valence-electron chi connectivity index (χ3n) is 2.83. The molecule has 5 nitrogen and oxygen atoms in total. The van der Waals surface area contributed by atoms with Crippen LogP contribution in [0.25, 0.3) is 0 Å². The van der Waals surface area contributed by atoms with E-state index >= 15 is 0 Å². The molecule has 2 aromatic carbocycles. The van der Waals surface area contributed by atoms with Gasteiger partial charge in [0.1, 0.15) is 0 Å². The summed E-state index contributed by atoms with van der Waals surface area (Å²) >= 11 is 6.87. The second kappa shape index (κ2) is 6.35. The molecule has 112 valence electrons. The van der Waals surface area contributed by atoms with Crippen LogP contribution in [0.1, 0.15) is 0 Å². The molecule has 2 rings (SSSR count). The summed E-state index contributed by atoms with van der Waals surface area (Å²) in [4.78, 5) is 0.143. The van der Waals surface area contributed by atoms with Gasteiger partial charge in [0.15, 0.2) is 0 Å². The molecule has 21 heavy (non-hydrogen) atoms. The Labute approximate surface area is 140 Å². The molecule has 0 bridgehead atoms. The van der Waals surface area contributed by atoms with E-state index in [1.165, 1.54) is 19.2 Å². The van der Waals surface area contributed by atoms with Gasteiger partial charge >= 0.3 is 0 Å². The normalized spacial score (nSPS) is 11.4. The van der Waals surface area contributed by atoms with E-state index in [2.05, 4.69) is 41.9 Å². The maximum Gasteiger partial charge on any atom is 0.240 e. The van der Waals surface area contributed by atoms with E-state index < -0.39 is 10.0 Å². The van der Waals surface area contributed by atoms with Crippen molar-refractivity contribution in [3.05, 3.63) is 45.3 Å². The van der Waals surface area contributed by atoms with Gasteiger partial charge in [-0.2, -0.15) is 0 Å². The Bertz CT molecular complexity index is 759. The Kier molecular flexibility index (Phi) is 4.92. The average molecular weight is 435 g/mol. The number of halogens is 2. The van der Waals surface area contributed by atoms with Gasteiger partial charge in [-0.15, -0.1) is 0 Å². The topological polar surface area (TPSA) is 84.2 Å². The maximum atomic E-state index is 11.9. The smallest absolute Gasteiger partial charge is 0.240 e. The summed E-state index contributed by atoms with van der Waals surface area (Å²) in [6.45, 7) is 0. The molecule has 0 unspecified atom stereocenters. The Morgan fingerprint density at radius 2 is 1.71 bits per heavy atom. The van der Waals surface area contributed by atoms with E-state index in [4.69, 9.17) is 5.73 Å². The van der Waals surface area contributed by atoms with Crippen LogP contribution in [0.5, 0.6) is 0 Å². The van der Waals surface area contributed by atoms with Crippen LogP contribution in [-0.2, 0) is 10.0 Å². The minimum Gasteiger partial charge on any atom is -0.397 e. The van der Waals surface area contributed by atoms with Crippen molar-refractivity contribution in [3.63, 3.8) is 0 Å². The SMILES string of the molecule is CNS(=O)(=O)c1ccc(N)c(Nc2c(Br)cccc2Br)c1. The first kappa shape index (κ1) is 16.3. The molecule has 0 amide bonds. The number of rotatable bonds is 4. The van der Waals surface area contributed by atoms with Crippen molar-refractivity contribution in [2.75, 3.05) is 18.1 Å². The summed E-state index contributed by atoms with van der Waals surface area (Å²) < 4.78 is 27.6. The number of hydrogen-bond acceptors (Lipinski definition) is 4. The molecular formula is C13H13Br2N3O2S. The summed E-state index contributed by atoms with van der Waals surface area (Å²) in [5.41, 5.74) is 7.65. The highest BCUT2D eigenvalue weighted by Gasteiger charge is 2.14. The first-order valence-electron chi connectivity index (χ1n) is 5.89. The molecule has 8 heteroatoms. The molecule has 0 saturated heterocycles. The second-order valence-electron chi connectivity index (χ2n) is 4.18. The molecule has 0 spiro atoms. The van der Waals surface area contributed by atoms with Gasteiger partial charge in [0, 0.05) is 8.95 Å². The van der Waals surface area contributed by atoms with Gasteiger partial charge < -0.3 is 11.1 Å². The predicted octanol–water partition coefficient (Wildman–Crippen LogP) is 3.45. The zero-order chi connectivity index (χ0) is 15.6. The van der Waals surface area contributed by atoms with E-state index in [1.54, 1.807) is 6.07 Å². The fourth-order valence-corrected chi connectivity index (χ4v) is 3.63. The summed E-state index contributed by atoms with van der Waals surface area (Å²) in [5.74, 6) is 0. The van der Waals surface area contributed by atoms with Gasteiger partial charge in [0.05, 0.1) is 22.0 Å². The number of benzene rings is 2. The van der Waals surface area contributed by atoms with Crippen LogP contribution in [0.4, 0.5) is 17.1 Å². The van der Waals surface area contributed by atoms with Crippen LogP contribution < -0.4 is 15.8 Å². The predicted molar refractivity (Wildman–Crippen MR) is 92.2 cm³/mol. The van der Waals surface area contributed by atoms with E-state index in [9.17, 15) is 8.42 Å². The quantitative estimate of drug-likeness (QED) is 0.643. The van der Waals surface area contributed by atoms with Crippen molar-refractivity contribution < 1.29 is 8.42 Å². The van der Waals surface area contributed by atoms with Crippen LogP contribution in [0, 0.1) is 0 Å². The number of anilines is 3. The lowest BCUT2D eigenvalue weighted by molar-refractivity contribution is 0.588. The molecule has 4 N–H and O–H groups in total. The molecule has 0 aliphatic heterocycles. The summed E-state index contributed by atoms with van der Waals surface area (Å²) in [6.07, 6.45) is 0. The minimum absolute atomic E-state index is 0.143. The number of hydrogen-bond donors (Lipinski definition) is 3. The zero-order valence-electron chi connectivity index (χ0n) is 11.0. The van der Waals surface area contributed by atoms with Gasteiger partial charge in [0.25, 0.3) is 0 Å². The van der Waals surface area contributed by atoms with Crippen molar-refractivity contribution in [2.45, 2.75) is 4.90 Å². The lowest BCUT2D eigenvalue weighted by Gasteiger charge is -2.14. The van der Waals surface area contributed by atoms with Crippen molar-refractivity contribution in [1.82, 2.24) is 4.72 Å². The fourth-order valence-electron chi connectivity index (χ4n) is 1.68. The molecule has 0 aliphatic rings. The Morgan fingerprint density at radius 1 is 1.10 bits per heavy atom. The van der Waals surface area contributed by atoms with E-state index in [0.717, 1.165) is 14.6 Å². The lowest BCUT2D eigenvalue weighted by Crippen LogP contribution is -2.18. The van der Waals surface area contributed by atoms with Crippen molar-refractivity contribution in [1.29, 1.82) is 0 Å². The monoisotopic (exact) mass is 433 g/mol. The van der Waals surface area contributed by atoms with Crippen LogP contribution in [-0.4, -0.2) is 15.5 Å². The average Bonchev–Trinajstić information content (AvgIpc) is 2.44. The lowest BCUT2D eigenvalue weighted by atomic mass is 10.2. The third kappa shape index (κ3) is 3.57. The Morgan fingerprint density at radius 3 is 2.29 bits per heavy atom. The van der Waals surface area contributed by atoms with Crippen molar-refractivity contribution >= 4 is 58.9 Å². The van der Waals surface area contributed by atoms with Crippen LogP contribution in [0.2, 0.25) is 0 Å². The van der Waals surface area contributed by atoms with Gasteiger partial charge in [-0.1, -0.05) is 6.07 Å². The number of nitrogens with two attached hydrogens (primary N) is 1.